The van der Waals surface area contributed by atoms with E-state index in [1.54, 1.807) is 35.0 Å². The van der Waals surface area contributed by atoms with E-state index in [2.05, 4.69) is 5.32 Å². The Morgan fingerprint density at radius 3 is 2.58 bits per heavy atom. The molecule has 0 bridgehead atoms. The molecule has 0 spiro atoms. The van der Waals surface area contributed by atoms with Crippen LogP contribution in [0, 0.1) is 11.3 Å². The molecule has 0 saturated heterocycles. The first-order valence-corrected chi connectivity index (χ1v) is 7.57. The highest BCUT2D eigenvalue weighted by molar-refractivity contribution is 5.97. The van der Waals surface area contributed by atoms with Crippen LogP contribution in [0.15, 0.2) is 60.8 Å². The van der Waals surface area contributed by atoms with E-state index in [-0.39, 0.29) is 24.7 Å². The summed E-state index contributed by atoms with van der Waals surface area (Å²) in [5, 5.41) is 12.7. The van der Waals surface area contributed by atoms with E-state index in [1.807, 2.05) is 36.4 Å². The van der Waals surface area contributed by atoms with Crippen LogP contribution in [-0.4, -0.2) is 16.4 Å². The van der Waals surface area contributed by atoms with Crippen molar-refractivity contribution in [2.45, 2.75) is 12.8 Å². The second-order valence-corrected chi connectivity index (χ2v) is 5.34. The largest absolute Gasteiger partial charge is 0.325 e. The summed E-state index contributed by atoms with van der Waals surface area (Å²) in [6.07, 6.45) is 1.88. The van der Waals surface area contributed by atoms with Crippen molar-refractivity contribution in [2.24, 2.45) is 0 Å². The molecule has 5 heteroatoms. The Hall–Kier alpha value is -3.39. The molecule has 0 aliphatic heterocycles. The van der Waals surface area contributed by atoms with Gasteiger partial charge in [0.2, 0.25) is 11.8 Å². The number of rotatable bonds is 4. The van der Waals surface area contributed by atoms with E-state index in [0.29, 0.717) is 11.3 Å². The van der Waals surface area contributed by atoms with E-state index in [1.165, 1.54) is 0 Å². The summed E-state index contributed by atoms with van der Waals surface area (Å²) in [5.74, 6) is -0.428. The van der Waals surface area contributed by atoms with Crippen molar-refractivity contribution in [2.75, 3.05) is 5.32 Å². The first kappa shape index (κ1) is 15.5. The smallest absolute Gasteiger partial charge is 0.231 e. The van der Waals surface area contributed by atoms with Gasteiger partial charge in [0.1, 0.15) is 6.07 Å². The number of carbonyl (C=O) groups excluding carboxylic acids is 2. The summed E-state index contributed by atoms with van der Waals surface area (Å²) in [7, 11) is 0. The van der Waals surface area contributed by atoms with Gasteiger partial charge >= 0.3 is 0 Å². The molecular formula is C19H15N3O2. The lowest BCUT2D eigenvalue weighted by molar-refractivity contribution is -0.116. The van der Waals surface area contributed by atoms with Crippen molar-refractivity contribution in [3.05, 3.63) is 66.4 Å². The maximum atomic E-state index is 12.3. The predicted octanol–water partition coefficient (Wildman–Crippen LogP) is 3.57. The second-order valence-electron chi connectivity index (χ2n) is 5.34. The average molecular weight is 317 g/mol. The zero-order valence-corrected chi connectivity index (χ0v) is 12.9. The van der Waals surface area contributed by atoms with E-state index >= 15 is 0 Å². The number of hydrogen-bond acceptors (Lipinski definition) is 3. The van der Waals surface area contributed by atoms with E-state index in [9.17, 15) is 9.59 Å². The first-order chi connectivity index (χ1) is 11.7. The fraction of sp³-hybridized carbons (Fsp3) is 0.105. The van der Waals surface area contributed by atoms with Crippen LogP contribution < -0.4 is 5.32 Å². The van der Waals surface area contributed by atoms with Gasteiger partial charge in [-0.05, 0) is 24.3 Å². The highest BCUT2D eigenvalue weighted by Gasteiger charge is 2.12. The minimum atomic E-state index is -0.289. The van der Waals surface area contributed by atoms with Gasteiger partial charge in [0.05, 0.1) is 16.8 Å². The molecule has 1 amide bonds. The number of anilines is 1. The lowest BCUT2D eigenvalue weighted by Gasteiger charge is -2.07. The molecule has 118 valence electrons. The Labute approximate surface area is 139 Å². The Morgan fingerprint density at radius 1 is 1.00 bits per heavy atom. The van der Waals surface area contributed by atoms with Crippen LogP contribution in [0.5, 0.6) is 0 Å². The fourth-order valence-electron chi connectivity index (χ4n) is 2.54. The maximum absolute atomic E-state index is 12.3. The van der Waals surface area contributed by atoms with Crippen LogP contribution in [0.2, 0.25) is 0 Å². The third-order valence-electron chi connectivity index (χ3n) is 3.76. The standard InChI is InChI=1S/C19H15N3O2/c20-13-15-6-1-3-7-16(15)21-18(23)9-10-19(24)22-12-11-14-5-2-4-8-17(14)22/h1-8,11-12H,9-10H2,(H,21,23). The summed E-state index contributed by atoms with van der Waals surface area (Å²) in [4.78, 5) is 24.4. The third kappa shape index (κ3) is 3.18. The topological polar surface area (TPSA) is 74.9 Å². The van der Waals surface area contributed by atoms with E-state index in [0.717, 1.165) is 10.9 Å². The van der Waals surface area contributed by atoms with Crippen molar-refractivity contribution in [3.8, 4) is 6.07 Å². The van der Waals surface area contributed by atoms with Crippen molar-refractivity contribution in [1.82, 2.24) is 4.57 Å². The van der Waals surface area contributed by atoms with Gasteiger partial charge in [0.15, 0.2) is 0 Å². The number of fused-ring (bicyclic) bond motifs is 1. The molecule has 3 rings (SSSR count). The second kappa shape index (κ2) is 6.80. The summed E-state index contributed by atoms with van der Waals surface area (Å²) in [5.41, 5.74) is 1.69. The summed E-state index contributed by atoms with van der Waals surface area (Å²) in [6, 6.07) is 18.3. The number of carbonyl (C=O) groups is 2. The number of nitriles is 1. The molecule has 0 unspecified atom stereocenters. The average Bonchev–Trinajstić information content (AvgIpc) is 3.04. The molecule has 0 atom stereocenters. The van der Waals surface area contributed by atoms with Crippen LogP contribution >= 0.6 is 0 Å². The maximum Gasteiger partial charge on any atom is 0.231 e. The minimum absolute atomic E-state index is 0.0606. The zero-order chi connectivity index (χ0) is 16.9. The van der Waals surface area contributed by atoms with E-state index < -0.39 is 0 Å². The lowest BCUT2D eigenvalue weighted by atomic mass is 10.2. The molecule has 5 nitrogen and oxygen atoms in total. The Morgan fingerprint density at radius 2 is 1.75 bits per heavy atom. The predicted molar refractivity (Wildman–Crippen MR) is 91.6 cm³/mol. The number of para-hydroxylation sites is 2. The number of benzene rings is 2. The lowest BCUT2D eigenvalue weighted by Crippen LogP contribution is -2.16. The fourth-order valence-corrected chi connectivity index (χ4v) is 2.54. The van der Waals surface area contributed by atoms with Gasteiger partial charge in [-0.3, -0.25) is 14.2 Å². The summed E-state index contributed by atoms with van der Waals surface area (Å²) >= 11 is 0. The molecule has 24 heavy (non-hydrogen) atoms. The SMILES string of the molecule is N#Cc1ccccc1NC(=O)CCC(=O)n1ccc2ccccc21. The van der Waals surface area contributed by atoms with Crippen molar-refractivity contribution in [1.29, 1.82) is 5.26 Å². The minimum Gasteiger partial charge on any atom is -0.325 e. The molecule has 1 N–H and O–H groups in total. The molecule has 0 saturated carbocycles. The molecule has 3 aromatic rings. The molecule has 1 aromatic heterocycles. The Balaban J connectivity index is 1.64. The monoisotopic (exact) mass is 317 g/mol. The zero-order valence-electron chi connectivity index (χ0n) is 12.9. The van der Waals surface area contributed by atoms with Crippen molar-refractivity contribution >= 4 is 28.4 Å². The van der Waals surface area contributed by atoms with Gasteiger partial charge in [0, 0.05) is 24.4 Å². The number of nitrogens with zero attached hydrogens (tertiary/aromatic N) is 2. The van der Waals surface area contributed by atoms with Gasteiger partial charge in [0.25, 0.3) is 0 Å². The third-order valence-corrected chi connectivity index (χ3v) is 3.76. The molecule has 1 heterocycles. The van der Waals surface area contributed by atoms with Crippen LogP contribution in [0.3, 0.4) is 0 Å². The molecule has 2 aromatic carbocycles. The van der Waals surface area contributed by atoms with Crippen molar-refractivity contribution in [3.63, 3.8) is 0 Å². The van der Waals surface area contributed by atoms with Gasteiger partial charge < -0.3 is 5.32 Å². The van der Waals surface area contributed by atoms with Crippen LogP contribution in [0.1, 0.15) is 23.2 Å². The number of aromatic nitrogens is 1. The molecule has 0 aliphatic rings. The van der Waals surface area contributed by atoms with Gasteiger partial charge in [-0.25, -0.2) is 0 Å². The van der Waals surface area contributed by atoms with Crippen LogP contribution in [0.25, 0.3) is 10.9 Å². The highest BCUT2D eigenvalue weighted by Crippen LogP contribution is 2.17. The molecule has 0 radical (unpaired) electrons. The Bertz CT molecular complexity index is 950. The normalized spacial score (nSPS) is 10.3. The van der Waals surface area contributed by atoms with E-state index in [4.69, 9.17) is 5.26 Å². The number of nitrogens with one attached hydrogen (secondary N) is 1. The molecule has 0 aliphatic carbocycles. The first-order valence-electron chi connectivity index (χ1n) is 7.57. The van der Waals surface area contributed by atoms with Crippen LogP contribution in [0.4, 0.5) is 5.69 Å². The molecule has 0 fully saturated rings. The summed E-state index contributed by atoms with van der Waals surface area (Å²) < 4.78 is 1.56. The molecular weight excluding hydrogens is 302 g/mol. The quantitative estimate of drug-likeness (QED) is 0.799. The van der Waals surface area contributed by atoms with Gasteiger partial charge in [-0.1, -0.05) is 30.3 Å². The highest BCUT2D eigenvalue weighted by atomic mass is 16.2. The number of amides is 1. The van der Waals surface area contributed by atoms with Crippen LogP contribution in [-0.2, 0) is 4.79 Å². The summed E-state index contributed by atoms with van der Waals surface area (Å²) in [6.45, 7) is 0. The van der Waals surface area contributed by atoms with Gasteiger partial charge in [-0.2, -0.15) is 5.26 Å². The van der Waals surface area contributed by atoms with Crippen molar-refractivity contribution < 1.29 is 9.59 Å². The Kier molecular flexibility index (Phi) is 4.39. The van der Waals surface area contributed by atoms with Gasteiger partial charge in [-0.15, -0.1) is 0 Å². The number of hydrogen-bond donors (Lipinski definition) is 1.